The van der Waals surface area contributed by atoms with Gasteiger partial charge in [-0.3, -0.25) is 9.69 Å². The van der Waals surface area contributed by atoms with E-state index in [-0.39, 0.29) is 19.3 Å². The largest absolute Gasteiger partial charge is 0.491 e. The maximum atomic E-state index is 12.3. The standard InChI is InChI=1S/C21H23Cl2N5O2S.CH4/c1-2-25-19(29)17-10-13-18(26-21(24)27-20(13)31-17)12-9-16(15(23)11-14(12)22)30-8-7-28-5-3-4-6-28;/h9-11H,2-8H2,1H3,(H,25,29)(H2,24,26,27);1H4. The molecule has 1 aliphatic rings. The SMILES string of the molecule is C.CCNC(=O)c1cc2c(-c3cc(OCCN4CCCC4)c(Cl)cc3Cl)nc(N)nc2s1. The van der Waals surface area contributed by atoms with Crippen LogP contribution >= 0.6 is 34.5 Å². The molecule has 0 radical (unpaired) electrons. The van der Waals surface area contributed by atoms with Gasteiger partial charge in [-0.25, -0.2) is 9.97 Å². The molecule has 3 aromatic rings. The third-order valence-corrected chi connectivity index (χ3v) is 6.75. The Hall–Kier alpha value is -2.13. The number of carbonyl (C=O) groups excluding carboxylic acids is 1. The van der Waals surface area contributed by atoms with Gasteiger partial charge in [-0.05, 0) is 51.1 Å². The Kier molecular flexibility index (Phi) is 8.16. The van der Waals surface area contributed by atoms with E-state index in [1.165, 1.54) is 24.2 Å². The minimum Gasteiger partial charge on any atom is -0.491 e. The van der Waals surface area contributed by atoms with Gasteiger partial charge in [0.15, 0.2) is 0 Å². The zero-order chi connectivity index (χ0) is 22.0. The van der Waals surface area contributed by atoms with Crippen molar-refractivity contribution in [2.45, 2.75) is 27.2 Å². The summed E-state index contributed by atoms with van der Waals surface area (Å²) in [7, 11) is 0. The fourth-order valence-electron chi connectivity index (χ4n) is 3.61. The van der Waals surface area contributed by atoms with Gasteiger partial charge in [0.05, 0.1) is 20.6 Å². The van der Waals surface area contributed by atoms with Crippen LogP contribution in [0.5, 0.6) is 5.75 Å². The number of rotatable bonds is 7. The number of fused-ring (bicyclic) bond motifs is 1. The third-order valence-electron chi connectivity index (χ3n) is 5.11. The van der Waals surface area contributed by atoms with E-state index in [9.17, 15) is 4.79 Å². The summed E-state index contributed by atoms with van der Waals surface area (Å²) in [5.74, 6) is 0.474. The van der Waals surface area contributed by atoms with Crippen molar-refractivity contribution in [1.82, 2.24) is 20.2 Å². The monoisotopic (exact) mass is 495 g/mol. The molecule has 2 aromatic heterocycles. The summed E-state index contributed by atoms with van der Waals surface area (Å²) in [6.07, 6.45) is 2.46. The van der Waals surface area contributed by atoms with E-state index >= 15 is 0 Å². The van der Waals surface area contributed by atoms with Gasteiger partial charge >= 0.3 is 0 Å². The predicted octanol–water partition coefficient (Wildman–Crippen LogP) is 5.11. The van der Waals surface area contributed by atoms with Gasteiger partial charge < -0.3 is 15.8 Å². The lowest BCUT2D eigenvalue weighted by molar-refractivity contribution is 0.0960. The van der Waals surface area contributed by atoms with Crippen molar-refractivity contribution in [1.29, 1.82) is 0 Å². The molecule has 0 atom stereocenters. The summed E-state index contributed by atoms with van der Waals surface area (Å²) in [6, 6.07) is 5.18. The number of aromatic nitrogens is 2. The van der Waals surface area contributed by atoms with Crippen LogP contribution in [0.4, 0.5) is 5.95 Å². The molecular formula is C22H27Cl2N5O2S. The summed E-state index contributed by atoms with van der Waals surface area (Å²) in [6.45, 7) is 5.99. The number of nitrogens with one attached hydrogen (secondary N) is 1. The van der Waals surface area contributed by atoms with Crippen LogP contribution in [-0.4, -0.2) is 53.6 Å². The first kappa shape index (κ1) is 24.5. The molecule has 1 amide bonds. The van der Waals surface area contributed by atoms with Gasteiger partial charge in [0.25, 0.3) is 5.91 Å². The van der Waals surface area contributed by atoms with Gasteiger partial charge in [-0.2, -0.15) is 0 Å². The third kappa shape index (κ3) is 5.26. The highest BCUT2D eigenvalue weighted by atomic mass is 35.5. The second-order valence-corrected chi connectivity index (χ2v) is 9.12. The Labute approximate surface area is 201 Å². The number of ether oxygens (including phenoxy) is 1. The van der Waals surface area contributed by atoms with Crippen LogP contribution in [0.2, 0.25) is 10.0 Å². The Morgan fingerprint density at radius 1 is 1.22 bits per heavy atom. The average molecular weight is 496 g/mol. The van der Waals surface area contributed by atoms with Crippen molar-refractivity contribution in [3.05, 3.63) is 33.1 Å². The lowest BCUT2D eigenvalue weighted by Gasteiger charge is -2.16. The van der Waals surface area contributed by atoms with Gasteiger partial charge in [0.1, 0.15) is 17.2 Å². The number of nitrogens with zero attached hydrogens (tertiary/aromatic N) is 3. The molecule has 0 unspecified atom stereocenters. The molecular weight excluding hydrogens is 469 g/mol. The Bertz CT molecular complexity index is 1120. The summed E-state index contributed by atoms with van der Waals surface area (Å²) in [5, 5.41) is 4.35. The zero-order valence-electron chi connectivity index (χ0n) is 17.1. The van der Waals surface area contributed by atoms with Crippen LogP contribution in [-0.2, 0) is 0 Å². The Balaban J connectivity index is 0.00000289. The molecule has 0 spiro atoms. The van der Waals surface area contributed by atoms with E-state index in [0.29, 0.717) is 55.3 Å². The fraction of sp³-hybridized carbons (Fsp3) is 0.409. The van der Waals surface area contributed by atoms with Crippen LogP contribution in [0.1, 0.15) is 36.9 Å². The van der Waals surface area contributed by atoms with Crippen molar-refractivity contribution in [2.24, 2.45) is 0 Å². The number of halogens is 2. The molecule has 10 heteroatoms. The van der Waals surface area contributed by atoms with Crippen molar-refractivity contribution in [3.8, 4) is 17.0 Å². The van der Waals surface area contributed by atoms with Gasteiger partial charge in [0, 0.05) is 24.0 Å². The van der Waals surface area contributed by atoms with E-state index in [0.717, 1.165) is 19.6 Å². The zero-order valence-corrected chi connectivity index (χ0v) is 19.4. The molecule has 1 saturated heterocycles. The van der Waals surface area contributed by atoms with Crippen molar-refractivity contribution >= 4 is 56.6 Å². The lowest BCUT2D eigenvalue weighted by atomic mass is 10.1. The highest BCUT2D eigenvalue weighted by Gasteiger charge is 2.20. The summed E-state index contributed by atoms with van der Waals surface area (Å²) in [5.41, 5.74) is 7.12. The van der Waals surface area contributed by atoms with Crippen molar-refractivity contribution in [3.63, 3.8) is 0 Å². The molecule has 3 N–H and O–H groups in total. The first-order chi connectivity index (χ1) is 15.0. The minimum atomic E-state index is -0.164. The highest BCUT2D eigenvalue weighted by Crippen LogP contribution is 2.40. The molecule has 1 fully saturated rings. The van der Waals surface area contributed by atoms with Crippen LogP contribution in [0.15, 0.2) is 18.2 Å². The summed E-state index contributed by atoms with van der Waals surface area (Å²) in [4.78, 5) is 24.5. The smallest absolute Gasteiger partial charge is 0.261 e. The Morgan fingerprint density at radius 2 is 1.97 bits per heavy atom. The molecule has 0 bridgehead atoms. The number of likely N-dealkylation sites (tertiary alicyclic amines) is 1. The quantitative estimate of drug-likeness (QED) is 0.472. The van der Waals surface area contributed by atoms with E-state index in [2.05, 4.69) is 20.2 Å². The number of nitrogen functional groups attached to an aromatic ring is 1. The topological polar surface area (TPSA) is 93.4 Å². The molecule has 0 aliphatic carbocycles. The number of amides is 1. The van der Waals surface area contributed by atoms with Gasteiger partial charge in [-0.1, -0.05) is 30.6 Å². The maximum absolute atomic E-state index is 12.3. The number of thiophene rings is 1. The summed E-state index contributed by atoms with van der Waals surface area (Å²) < 4.78 is 5.97. The molecule has 4 rings (SSSR count). The normalized spacial score (nSPS) is 13.8. The minimum absolute atomic E-state index is 0. The Morgan fingerprint density at radius 3 is 2.69 bits per heavy atom. The van der Waals surface area contributed by atoms with Crippen LogP contribution in [0.3, 0.4) is 0 Å². The van der Waals surface area contributed by atoms with Crippen molar-refractivity contribution in [2.75, 3.05) is 38.5 Å². The number of carbonyl (C=O) groups is 1. The molecule has 1 aliphatic heterocycles. The fourth-order valence-corrected chi connectivity index (χ4v) is 5.10. The van der Waals surface area contributed by atoms with E-state index in [1.807, 2.05) is 6.92 Å². The van der Waals surface area contributed by atoms with Crippen LogP contribution < -0.4 is 15.8 Å². The molecule has 32 heavy (non-hydrogen) atoms. The predicted molar refractivity (Wildman–Crippen MR) is 133 cm³/mol. The first-order valence-electron chi connectivity index (χ1n) is 10.2. The first-order valence-corrected chi connectivity index (χ1v) is 11.7. The molecule has 0 saturated carbocycles. The molecule has 1 aromatic carbocycles. The number of anilines is 1. The van der Waals surface area contributed by atoms with Crippen molar-refractivity contribution < 1.29 is 9.53 Å². The van der Waals surface area contributed by atoms with E-state index < -0.39 is 0 Å². The van der Waals surface area contributed by atoms with Crippen LogP contribution in [0.25, 0.3) is 21.5 Å². The van der Waals surface area contributed by atoms with Gasteiger partial charge in [0.2, 0.25) is 5.95 Å². The highest BCUT2D eigenvalue weighted by molar-refractivity contribution is 7.20. The number of hydrogen-bond acceptors (Lipinski definition) is 7. The van der Waals surface area contributed by atoms with Gasteiger partial charge in [-0.15, -0.1) is 11.3 Å². The molecule has 3 heterocycles. The van der Waals surface area contributed by atoms with E-state index in [1.54, 1.807) is 18.2 Å². The number of nitrogens with two attached hydrogens (primary N) is 1. The number of hydrogen-bond donors (Lipinski definition) is 2. The summed E-state index contributed by atoms with van der Waals surface area (Å²) >= 11 is 14.2. The average Bonchev–Trinajstić information content (AvgIpc) is 3.39. The lowest BCUT2D eigenvalue weighted by Crippen LogP contribution is -2.25. The molecule has 172 valence electrons. The number of benzene rings is 1. The second kappa shape index (κ2) is 10.7. The van der Waals surface area contributed by atoms with E-state index in [4.69, 9.17) is 33.7 Å². The maximum Gasteiger partial charge on any atom is 0.261 e. The molecule has 7 nitrogen and oxygen atoms in total. The second-order valence-electron chi connectivity index (χ2n) is 7.28. The van der Waals surface area contributed by atoms with Crippen LogP contribution in [0, 0.1) is 0 Å².